The lowest BCUT2D eigenvalue weighted by molar-refractivity contribution is -0.119. The van der Waals surface area contributed by atoms with Crippen LogP contribution < -0.4 is 11.1 Å². The number of nitrogens with two attached hydrogens (primary N) is 1. The van der Waals surface area contributed by atoms with Gasteiger partial charge in [-0.2, -0.15) is 0 Å². The number of rotatable bonds is 4. The molecule has 2 amide bonds. The van der Waals surface area contributed by atoms with Crippen molar-refractivity contribution in [1.29, 1.82) is 0 Å². The van der Waals surface area contributed by atoms with Gasteiger partial charge in [-0.15, -0.1) is 0 Å². The number of nitrogens with one attached hydrogen (secondary N) is 1. The van der Waals surface area contributed by atoms with Gasteiger partial charge in [0.25, 0.3) is 5.91 Å². The Hall–Kier alpha value is -1.55. The molecule has 1 aromatic carbocycles. The minimum atomic E-state index is -0.636. The molecular weight excluding hydrogens is 228 g/mol. The summed E-state index contributed by atoms with van der Waals surface area (Å²) in [6, 6.07) is 5.77. The first-order valence-corrected chi connectivity index (χ1v) is 5.28. The van der Waals surface area contributed by atoms with Gasteiger partial charge < -0.3 is 11.1 Å². The highest BCUT2D eigenvalue weighted by atomic mass is 35.5. The van der Waals surface area contributed by atoms with Gasteiger partial charge in [0.1, 0.15) is 6.04 Å². The van der Waals surface area contributed by atoms with Crippen molar-refractivity contribution in [2.45, 2.75) is 19.4 Å². The molecule has 1 rings (SSSR count). The van der Waals surface area contributed by atoms with Gasteiger partial charge in [-0.1, -0.05) is 18.5 Å². The molecule has 4 nitrogen and oxygen atoms in total. The molecule has 0 aliphatic heterocycles. The second-order valence-corrected chi connectivity index (χ2v) is 3.78. The van der Waals surface area contributed by atoms with E-state index in [1.54, 1.807) is 31.2 Å². The van der Waals surface area contributed by atoms with Gasteiger partial charge in [-0.3, -0.25) is 9.59 Å². The van der Waals surface area contributed by atoms with Crippen molar-refractivity contribution in [3.63, 3.8) is 0 Å². The molecule has 1 atom stereocenters. The number of primary amides is 1. The van der Waals surface area contributed by atoms with Crippen molar-refractivity contribution in [3.8, 4) is 0 Å². The highest BCUT2D eigenvalue weighted by Crippen LogP contribution is 2.09. The largest absolute Gasteiger partial charge is 0.368 e. The Morgan fingerprint density at radius 3 is 2.38 bits per heavy atom. The molecule has 0 saturated heterocycles. The van der Waals surface area contributed by atoms with Crippen LogP contribution in [0.1, 0.15) is 23.7 Å². The fraction of sp³-hybridized carbons (Fsp3) is 0.273. The zero-order valence-corrected chi connectivity index (χ0v) is 9.62. The molecule has 1 aromatic rings. The van der Waals surface area contributed by atoms with Crippen LogP contribution in [-0.4, -0.2) is 17.9 Å². The van der Waals surface area contributed by atoms with Gasteiger partial charge in [0.15, 0.2) is 0 Å². The first-order valence-electron chi connectivity index (χ1n) is 4.90. The van der Waals surface area contributed by atoms with Crippen LogP contribution >= 0.6 is 11.6 Å². The molecule has 86 valence electrons. The normalized spacial score (nSPS) is 11.9. The lowest BCUT2D eigenvalue weighted by atomic mass is 10.1. The molecule has 0 bridgehead atoms. The van der Waals surface area contributed by atoms with E-state index in [1.807, 2.05) is 0 Å². The average molecular weight is 241 g/mol. The van der Waals surface area contributed by atoms with Gasteiger partial charge in [0.05, 0.1) is 0 Å². The minimum Gasteiger partial charge on any atom is -0.368 e. The molecule has 0 saturated carbocycles. The number of carbonyl (C=O) groups excluding carboxylic acids is 2. The molecule has 0 aromatic heterocycles. The third-order valence-corrected chi connectivity index (χ3v) is 2.42. The lowest BCUT2D eigenvalue weighted by Crippen LogP contribution is -2.43. The van der Waals surface area contributed by atoms with Crippen LogP contribution in [0.2, 0.25) is 5.02 Å². The number of hydrogen-bond donors (Lipinski definition) is 2. The predicted octanol–water partition coefficient (Wildman–Crippen LogP) is 1.33. The quantitative estimate of drug-likeness (QED) is 0.834. The summed E-state index contributed by atoms with van der Waals surface area (Å²) in [4.78, 5) is 22.6. The Morgan fingerprint density at radius 2 is 1.94 bits per heavy atom. The molecule has 5 heteroatoms. The summed E-state index contributed by atoms with van der Waals surface area (Å²) in [5.74, 6) is -0.868. The lowest BCUT2D eigenvalue weighted by Gasteiger charge is -2.12. The topological polar surface area (TPSA) is 72.2 Å². The molecule has 0 unspecified atom stereocenters. The maximum atomic E-state index is 11.7. The zero-order chi connectivity index (χ0) is 12.1. The Labute approximate surface area is 98.8 Å². The maximum Gasteiger partial charge on any atom is 0.251 e. The number of amides is 2. The van der Waals surface area contributed by atoms with Gasteiger partial charge >= 0.3 is 0 Å². The first-order chi connectivity index (χ1) is 7.54. The summed E-state index contributed by atoms with van der Waals surface area (Å²) in [5, 5.41) is 3.10. The van der Waals surface area contributed by atoms with Crippen LogP contribution in [0.4, 0.5) is 0 Å². The van der Waals surface area contributed by atoms with E-state index in [0.717, 1.165) is 0 Å². The fourth-order valence-electron chi connectivity index (χ4n) is 1.22. The van der Waals surface area contributed by atoms with E-state index < -0.39 is 11.9 Å². The molecular formula is C11H13ClN2O2. The number of benzene rings is 1. The van der Waals surface area contributed by atoms with E-state index >= 15 is 0 Å². The molecule has 0 heterocycles. The third-order valence-electron chi connectivity index (χ3n) is 2.16. The Bertz CT molecular complexity index is 389. The van der Waals surface area contributed by atoms with Crippen LogP contribution in [0.5, 0.6) is 0 Å². The van der Waals surface area contributed by atoms with Gasteiger partial charge in [0.2, 0.25) is 5.91 Å². The van der Waals surface area contributed by atoms with Crippen molar-refractivity contribution in [3.05, 3.63) is 34.9 Å². The molecule has 0 spiro atoms. The molecule has 16 heavy (non-hydrogen) atoms. The van der Waals surface area contributed by atoms with Crippen LogP contribution in [0.15, 0.2) is 24.3 Å². The van der Waals surface area contributed by atoms with E-state index in [1.165, 1.54) is 0 Å². The molecule has 0 aliphatic rings. The zero-order valence-electron chi connectivity index (χ0n) is 8.87. The Morgan fingerprint density at radius 1 is 1.38 bits per heavy atom. The highest BCUT2D eigenvalue weighted by molar-refractivity contribution is 6.30. The van der Waals surface area contributed by atoms with Crippen LogP contribution in [0.3, 0.4) is 0 Å². The first kappa shape index (κ1) is 12.5. The summed E-state index contributed by atoms with van der Waals surface area (Å²) in [6.45, 7) is 1.78. The summed E-state index contributed by atoms with van der Waals surface area (Å²) >= 11 is 5.69. The van der Waals surface area contributed by atoms with E-state index in [-0.39, 0.29) is 5.91 Å². The van der Waals surface area contributed by atoms with Gasteiger partial charge in [0, 0.05) is 10.6 Å². The standard InChI is InChI=1S/C11H13ClN2O2/c1-2-9(10(13)15)14-11(16)7-3-5-8(12)6-4-7/h3-6,9H,2H2,1H3,(H2,13,15)(H,14,16)/t9-/m1/s1. The predicted molar refractivity (Wildman–Crippen MR) is 62.2 cm³/mol. The van der Waals surface area contributed by atoms with Gasteiger partial charge in [-0.25, -0.2) is 0 Å². The molecule has 0 fully saturated rings. The summed E-state index contributed by atoms with van der Waals surface area (Å²) in [5.41, 5.74) is 5.57. The maximum absolute atomic E-state index is 11.7. The summed E-state index contributed by atoms with van der Waals surface area (Å²) in [7, 11) is 0. The third kappa shape index (κ3) is 3.24. The Kier molecular flexibility index (Phi) is 4.31. The molecule has 3 N–H and O–H groups in total. The average Bonchev–Trinajstić information content (AvgIpc) is 2.26. The van der Waals surface area contributed by atoms with Crippen molar-refractivity contribution in [2.24, 2.45) is 5.73 Å². The summed E-state index contributed by atoms with van der Waals surface area (Å²) < 4.78 is 0. The van der Waals surface area contributed by atoms with Crippen LogP contribution in [0, 0.1) is 0 Å². The SMILES string of the molecule is CC[C@@H](NC(=O)c1ccc(Cl)cc1)C(N)=O. The van der Waals surface area contributed by atoms with E-state index in [2.05, 4.69) is 5.32 Å². The van der Waals surface area contributed by atoms with Crippen molar-refractivity contribution in [1.82, 2.24) is 5.32 Å². The van der Waals surface area contributed by atoms with Gasteiger partial charge in [-0.05, 0) is 30.7 Å². The van der Waals surface area contributed by atoms with Crippen molar-refractivity contribution >= 4 is 23.4 Å². The second-order valence-electron chi connectivity index (χ2n) is 3.34. The highest BCUT2D eigenvalue weighted by Gasteiger charge is 2.16. The van der Waals surface area contributed by atoms with E-state index in [0.29, 0.717) is 17.0 Å². The monoisotopic (exact) mass is 240 g/mol. The van der Waals surface area contributed by atoms with E-state index in [9.17, 15) is 9.59 Å². The van der Waals surface area contributed by atoms with Crippen molar-refractivity contribution in [2.75, 3.05) is 0 Å². The fourth-order valence-corrected chi connectivity index (χ4v) is 1.34. The molecule has 0 radical (unpaired) electrons. The summed E-state index contributed by atoms with van der Waals surface area (Å²) in [6.07, 6.45) is 0.467. The number of carbonyl (C=O) groups is 2. The van der Waals surface area contributed by atoms with Crippen LogP contribution in [-0.2, 0) is 4.79 Å². The smallest absolute Gasteiger partial charge is 0.251 e. The minimum absolute atomic E-state index is 0.331. The van der Waals surface area contributed by atoms with Crippen LogP contribution in [0.25, 0.3) is 0 Å². The molecule has 0 aliphatic carbocycles. The number of hydrogen-bond acceptors (Lipinski definition) is 2. The second kappa shape index (κ2) is 5.51. The number of halogens is 1. The van der Waals surface area contributed by atoms with Crippen molar-refractivity contribution < 1.29 is 9.59 Å². The Balaban J connectivity index is 2.71. The van der Waals surface area contributed by atoms with E-state index in [4.69, 9.17) is 17.3 Å².